The van der Waals surface area contributed by atoms with Crippen LogP contribution in [-0.4, -0.2) is 33.3 Å². The monoisotopic (exact) mass is 376 g/mol. The number of para-hydroxylation sites is 1. The van der Waals surface area contributed by atoms with Crippen LogP contribution in [0.15, 0.2) is 48.7 Å². The van der Waals surface area contributed by atoms with Crippen LogP contribution in [0.3, 0.4) is 0 Å². The fourth-order valence-corrected chi connectivity index (χ4v) is 3.62. The van der Waals surface area contributed by atoms with E-state index in [4.69, 9.17) is 0 Å². The number of carbonyl (C=O) groups is 2. The molecule has 0 atom stereocenters. The Morgan fingerprint density at radius 1 is 1.07 bits per heavy atom. The van der Waals surface area contributed by atoms with Gasteiger partial charge in [-0.1, -0.05) is 24.3 Å². The second kappa shape index (κ2) is 6.78. The fraction of sp³-hybridized carbons (Fsp3) is 0.318. The summed E-state index contributed by atoms with van der Waals surface area (Å²) in [5, 5.41) is 2.94. The van der Waals surface area contributed by atoms with Gasteiger partial charge in [0.1, 0.15) is 0 Å². The first kappa shape index (κ1) is 18.2. The number of carbonyl (C=O) groups excluding carboxylic acids is 2. The van der Waals surface area contributed by atoms with E-state index in [1.807, 2.05) is 57.2 Å². The van der Waals surface area contributed by atoms with E-state index in [-0.39, 0.29) is 23.3 Å². The molecule has 0 bridgehead atoms. The number of hydrogen-bond donors (Lipinski definition) is 1. The molecule has 1 aromatic carbocycles. The third kappa shape index (κ3) is 3.26. The summed E-state index contributed by atoms with van der Waals surface area (Å²) in [6.07, 6.45) is 3.64. The average Bonchev–Trinajstić information content (AvgIpc) is 3.05. The summed E-state index contributed by atoms with van der Waals surface area (Å²) < 4.78 is 1.71. The maximum absolute atomic E-state index is 13.4. The molecular weight excluding hydrogens is 352 g/mol. The summed E-state index contributed by atoms with van der Waals surface area (Å²) in [5.41, 5.74) is 2.58. The third-order valence-corrected chi connectivity index (χ3v) is 4.80. The Bertz CT molecular complexity index is 1060. The number of aromatic nitrogens is 2. The van der Waals surface area contributed by atoms with Gasteiger partial charge < -0.3 is 10.2 Å². The Kier molecular flexibility index (Phi) is 4.41. The number of pyridine rings is 1. The van der Waals surface area contributed by atoms with E-state index in [0.717, 1.165) is 24.1 Å². The Labute approximate surface area is 164 Å². The first-order valence-corrected chi connectivity index (χ1v) is 9.54. The molecule has 144 valence electrons. The molecule has 0 saturated heterocycles. The molecule has 0 spiro atoms. The Morgan fingerprint density at radius 2 is 1.82 bits per heavy atom. The first-order valence-electron chi connectivity index (χ1n) is 9.54. The number of benzene rings is 1. The molecule has 28 heavy (non-hydrogen) atoms. The Balaban J connectivity index is 1.78. The lowest BCUT2D eigenvalue weighted by molar-refractivity contribution is 0.0916. The highest BCUT2D eigenvalue weighted by Gasteiger charge is 2.29. The summed E-state index contributed by atoms with van der Waals surface area (Å²) >= 11 is 0. The maximum Gasteiger partial charge on any atom is 0.294 e. The van der Waals surface area contributed by atoms with Gasteiger partial charge in [0.2, 0.25) is 5.82 Å². The minimum absolute atomic E-state index is 0.192. The molecule has 0 radical (unpaired) electrons. The fourth-order valence-electron chi connectivity index (χ4n) is 3.62. The van der Waals surface area contributed by atoms with Crippen molar-refractivity contribution in [3.63, 3.8) is 0 Å². The SMILES string of the molecule is CC(C)(C)NC(=O)c1nc(C(=O)N2CCCc3ccccc32)n2ccccc12. The van der Waals surface area contributed by atoms with Crippen LogP contribution in [-0.2, 0) is 6.42 Å². The van der Waals surface area contributed by atoms with E-state index in [1.54, 1.807) is 15.5 Å². The number of rotatable bonds is 2. The van der Waals surface area contributed by atoms with Crippen LogP contribution in [0.2, 0.25) is 0 Å². The van der Waals surface area contributed by atoms with Crippen molar-refractivity contribution in [2.75, 3.05) is 11.4 Å². The van der Waals surface area contributed by atoms with Crippen molar-refractivity contribution in [2.24, 2.45) is 0 Å². The number of imidazole rings is 1. The van der Waals surface area contributed by atoms with Gasteiger partial charge >= 0.3 is 0 Å². The van der Waals surface area contributed by atoms with Gasteiger partial charge in [0.05, 0.1) is 5.52 Å². The number of aryl methyl sites for hydroxylation is 1. The second-order valence-corrected chi connectivity index (χ2v) is 8.13. The molecular formula is C22H24N4O2. The van der Waals surface area contributed by atoms with Gasteiger partial charge in [0.25, 0.3) is 11.8 Å². The standard InChI is InChI=1S/C22H24N4O2/c1-22(2,3)24-20(27)18-17-12-6-7-13-25(17)19(23-18)21(28)26-14-8-10-15-9-4-5-11-16(15)26/h4-7,9,11-13H,8,10,14H2,1-3H3,(H,24,27). The molecule has 3 heterocycles. The van der Waals surface area contributed by atoms with E-state index >= 15 is 0 Å². The van der Waals surface area contributed by atoms with Gasteiger partial charge in [-0.2, -0.15) is 0 Å². The zero-order chi connectivity index (χ0) is 19.9. The highest BCUT2D eigenvalue weighted by Crippen LogP contribution is 2.28. The van der Waals surface area contributed by atoms with Crippen molar-refractivity contribution < 1.29 is 9.59 Å². The maximum atomic E-state index is 13.4. The van der Waals surface area contributed by atoms with Crippen molar-refractivity contribution in [3.8, 4) is 0 Å². The number of fused-ring (bicyclic) bond motifs is 2. The second-order valence-electron chi connectivity index (χ2n) is 8.13. The summed E-state index contributed by atoms with van der Waals surface area (Å²) in [6.45, 7) is 6.39. The lowest BCUT2D eigenvalue weighted by Gasteiger charge is -2.28. The average molecular weight is 376 g/mol. The Hall–Kier alpha value is -3.15. The lowest BCUT2D eigenvalue weighted by atomic mass is 10.0. The predicted molar refractivity (Wildman–Crippen MR) is 109 cm³/mol. The number of nitrogens with one attached hydrogen (secondary N) is 1. The molecule has 2 aromatic heterocycles. The van der Waals surface area contributed by atoms with Crippen LogP contribution in [0.1, 0.15) is 53.9 Å². The van der Waals surface area contributed by atoms with Crippen molar-refractivity contribution in [1.82, 2.24) is 14.7 Å². The smallest absolute Gasteiger partial charge is 0.294 e. The topological polar surface area (TPSA) is 66.7 Å². The highest BCUT2D eigenvalue weighted by atomic mass is 16.2. The van der Waals surface area contributed by atoms with Gasteiger partial charge in [0, 0.05) is 24.0 Å². The van der Waals surface area contributed by atoms with Gasteiger partial charge in [-0.3, -0.25) is 14.0 Å². The van der Waals surface area contributed by atoms with Crippen LogP contribution in [0, 0.1) is 0 Å². The van der Waals surface area contributed by atoms with Crippen molar-refractivity contribution in [1.29, 1.82) is 0 Å². The number of amides is 2. The Morgan fingerprint density at radius 3 is 2.61 bits per heavy atom. The van der Waals surface area contributed by atoms with Crippen LogP contribution in [0.5, 0.6) is 0 Å². The third-order valence-electron chi connectivity index (χ3n) is 4.80. The van der Waals surface area contributed by atoms with Crippen LogP contribution >= 0.6 is 0 Å². The zero-order valence-electron chi connectivity index (χ0n) is 16.4. The summed E-state index contributed by atoms with van der Waals surface area (Å²) in [5.74, 6) is -0.219. The summed E-state index contributed by atoms with van der Waals surface area (Å²) in [6, 6.07) is 13.4. The predicted octanol–water partition coefficient (Wildman–Crippen LogP) is 3.46. The van der Waals surface area contributed by atoms with E-state index in [0.29, 0.717) is 12.1 Å². The van der Waals surface area contributed by atoms with E-state index < -0.39 is 5.54 Å². The van der Waals surface area contributed by atoms with Gasteiger partial charge in [-0.15, -0.1) is 0 Å². The van der Waals surface area contributed by atoms with E-state index in [1.165, 1.54) is 0 Å². The summed E-state index contributed by atoms with van der Waals surface area (Å²) in [7, 11) is 0. The molecule has 2 amide bonds. The van der Waals surface area contributed by atoms with Crippen molar-refractivity contribution in [2.45, 2.75) is 39.2 Å². The quantitative estimate of drug-likeness (QED) is 0.745. The lowest BCUT2D eigenvalue weighted by Crippen LogP contribution is -2.41. The normalized spacial score (nSPS) is 14.0. The van der Waals surface area contributed by atoms with E-state index in [2.05, 4.69) is 16.4 Å². The van der Waals surface area contributed by atoms with Crippen LogP contribution < -0.4 is 10.2 Å². The van der Waals surface area contributed by atoms with Gasteiger partial charge in [-0.05, 0) is 57.4 Å². The molecule has 1 N–H and O–H groups in total. The molecule has 0 aliphatic carbocycles. The number of nitrogens with zero attached hydrogens (tertiary/aromatic N) is 3. The van der Waals surface area contributed by atoms with Crippen LogP contribution in [0.4, 0.5) is 5.69 Å². The first-order chi connectivity index (χ1) is 13.3. The van der Waals surface area contributed by atoms with Crippen molar-refractivity contribution >= 4 is 23.0 Å². The van der Waals surface area contributed by atoms with Gasteiger partial charge in [0.15, 0.2) is 5.69 Å². The molecule has 1 aliphatic rings. The molecule has 0 saturated carbocycles. The number of anilines is 1. The minimum Gasteiger partial charge on any atom is -0.346 e. The highest BCUT2D eigenvalue weighted by molar-refractivity contribution is 6.07. The van der Waals surface area contributed by atoms with Crippen LogP contribution in [0.25, 0.3) is 5.52 Å². The van der Waals surface area contributed by atoms with Crippen molar-refractivity contribution in [3.05, 3.63) is 65.7 Å². The zero-order valence-corrected chi connectivity index (χ0v) is 16.4. The molecule has 6 heteroatoms. The number of hydrogen-bond acceptors (Lipinski definition) is 3. The molecule has 4 rings (SSSR count). The molecule has 0 fully saturated rings. The largest absolute Gasteiger partial charge is 0.346 e. The molecule has 0 unspecified atom stereocenters. The molecule has 6 nitrogen and oxygen atoms in total. The minimum atomic E-state index is -0.391. The molecule has 3 aromatic rings. The summed E-state index contributed by atoms with van der Waals surface area (Å²) in [4.78, 5) is 32.4. The van der Waals surface area contributed by atoms with Gasteiger partial charge in [-0.25, -0.2) is 4.98 Å². The van der Waals surface area contributed by atoms with E-state index in [9.17, 15) is 9.59 Å². The molecule has 1 aliphatic heterocycles.